The molecule has 12 heteroatoms. The van der Waals surface area contributed by atoms with Gasteiger partial charge in [-0.15, -0.1) is 11.8 Å². The Bertz CT molecular complexity index is 752. The molecule has 2 amide bonds. The van der Waals surface area contributed by atoms with E-state index in [1.807, 2.05) is 0 Å². The maximum absolute atomic E-state index is 12.3. The molecule has 0 saturated carbocycles. The number of carboxylic acid groups (broad SMARTS) is 1. The van der Waals surface area contributed by atoms with Crippen LogP contribution in [0.5, 0.6) is 0 Å². The van der Waals surface area contributed by atoms with E-state index in [-0.39, 0.29) is 53.5 Å². The second-order valence-electron chi connectivity index (χ2n) is 5.67. The summed E-state index contributed by atoms with van der Waals surface area (Å²) in [5, 5.41) is 11.4. The number of primary amides is 1. The minimum Gasteiger partial charge on any atom is -0.543 e. The van der Waals surface area contributed by atoms with Gasteiger partial charge in [0, 0.05) is 17.4 Å². The largest absolute Gasteiger partial charge is 1.00 e. The number of piperidine rings is 1. The van der Waals surface area contributed by atoms with E-state index in [2.05, 4.69) is 0 Å². The van der Waals surface area contributed by atoms with Crippen LogP contribution in [0.15, 0.2) is 10.6 Å². The number of carboxylic acids is 1. The zero-order valence-electron chi connectivity index (χ0n) is 13.1. The van der Waals surface area contributed by atoms with Gasteiger partial charge in [0.1, 0.15) is 6.04 Å². The minimum atomic E-state index is -3.57. The number of hydrogen-bond donors (Lipinski definition) is 1. The van der Waals surface area contributed by atoms with E-state index in [9.17, 15) is 27.9 Å². The van der Waals surface area contributed by atoms with Crippen molar-refractivity contribution in [3.63, 3.8) is 0 Å². The zero-order chi connectivity index (χ0) is 17.1. The molecule has 3 aliphatic heterocycles. The molecule has 126 valence electrons. The van der Waals surface area contributed by atoms with Gasteiger partial charge in [-0.1, -0.05) is 0 Å². The van der Waals surface area contributed by atoms with Crippen molar-refractivity contribution >= 4 is 39.6 Å². The molecule has 2 fully saturated rings. The van der Waals surface area contributed by atoms with E-state index < -0.39 is 39.9 Å². The van der Waals surface area contributed by atoms with E-state index in [0.717, 1.165) is 27.2 Å². The molecule has 3 rings (SSSR count). The summed E-state index contributed by atoms with van der Waals surface area (Å²) in [6.07, 6.45) is 1.39. The topological polar surface area (TPSA) is 141 Å². The van der Waals surface area contributed by atoms with Crippen LogP contribution in [0.25, 0.3) is 0 Å². The summed E-state index contributed by atoms with van der Waals surface area (Å²) in [5.41, 5.74) is 4.84. The molecule has 0 aromatic carbocycles. The van der Waals surface area contributed by atoms with Crippen molar-refractivity contribution in [2.75, 3.05) is 18.6 Å². The third kappa shape index (κ3) is 2.90. The zero-order valence-corrected chi connectivity index (χ0v) is 16.7. The molecule has 24 heavy (non-hydrogen) atoms. The van der Waals surface area contributed by atoms with E-state index in [1.165, 1.54) is 0 Å². The molecule has 0 spiro atoms. The summed E-state index contributed by atoms with van der Waals surface area (Å²) in [4.78, 5) is 36.2. The van der Waals surface area contributed by atoms with Crippen LogP contribution in [0.4, 0.5) is 0 Å². The molecule has 3 aliphatic rings. The van der Waals surface area contributed by atoms with Gasteiger partial charge in [-0.2, -0.15) is 4.31 Å². The number of β-lactam (4-membered cyclic amide) rings is 1. The molecule has 1 unspecified atom stereocenters. The second-order valence-corrected chi connectivity index (χ2v) is 8.62. The Kier molecular flexibility index (Phi) is 5.44. The second kappa shape index (κ2) is 6.61. The molecule has 0 aromatic rings. The van der Waals surface area contributed by atoms with Crippen molar-refractivity contribution in [3.05, 3.63) is 10.6 Å². The Morgan fingerprint density at radius 3 is 2.54 bits per heavy atom. The molecular weight excluding hydrogens is 369 g/mol. The normalized spacial score (nSPS) is 29.0. The first-order valence-corrected chi connectivity index (χ1v) is 9.64. The number of nitrogens with zero attached hydrogens (tertiary/aromatic N) is 2. The smallest absolute Gasteiger partial charge is 0.543 e. The number of carbonyl (C=O) groups is 3. The van der Waals surface area contributed by atoms with Crippen molar-refractivity contribution < 1.29 is 57.5 Å². The standard InChI is InChI=1S/C12H15N3O6S2.Na/c1-23(20,21)14-3-2-5-7-8(14)11(17)15(7)9(12(18)19)10(5)22-4-6(13)16;/h5,7-8H,2-4H2,1H3,(H2,13,16)(H,18,19);/q;+1/p-1/t5?,7-,8+;/m1./s1. The number of thioether (sulfide) groups is 1. The van der Waals surface area contributed by atoms with E-state index in [4.69, 9.17) is 5.73 Å². The number of sulfonamides is 1. The van der Waals surface area contributed by atoms with E-state index in [1.54, 1.807) is 0 Å². The van der Waals surface area contributed by atoms with Crippen LogP contribution in [0.2, 0.25) is 0 Å². The van der Waals surface area contributed by atoms with Crippen molar-refractivity contribution in [2.24, 2.45) is 11.7 Å². The average molecular weight is 383 g/mol. The van der Waals surface area contributed by atoms with Crippen LogP contribution in [-0.4, -0.2) is 66.0 Å². The summed E-state index contributed by atoms with van der Waals surface area (Å²) < 4.78 is 24.7. The van der Waals surface area contributed by atoms with Crippen molar-refractivity contribution in [1.82, 2.24) is 9.21 Å². The predicted octanol–water partition coefficient (Wildman–Crippen LogP) is -5.96. The molecule has 9 nitrogen and oxygen atoms in total. The van der Waals surface area contributed by atoms with Gasteiger partial charge in [-0.05, 0) is 6.42 Å². The van der Waals surface area contributed by atoms with Crippen molar-refractivity contribution in [2.45, 2.75) is 18.5 Å². The van der Waals surface area contributed by atoms with Crippen LogP contribution in [0.3, 0.4) is 0 Å². The predicted molar refractivity (Wildman–Crippen MR) is 77.8 cm³/mol. The van der Waals surface area contributed by atoms with Crippen LogP contribution in [-0.2, 0) is 24.4 Å². The van der Waals surface area contributed by atoms with Gasteiger partial charge in [-0.3, -0.25) is 9.59 Å². The number of rotatable bonds is 5. The summed E-state index contributed by atoms with van der Waals surface area (Å²) >= 11 is 0.978. The Morgan fingerprint density at radius 2 is 2.04 bits per heavy atom. The summed E-state index contributed by atoms with van der Waals surface area (Å²) in [5.74, 6) is -3.11. The summed E-state index contributed by atoms with van der Waals surface area (Å²) in [6, 6.07) is -1.43. The van der Waals surface area contributed by atoms with Gasteiger partial charge in [-0.25, -0.2) is 8.42 Å². The summed E-state index contributed by atoms with van der Waals surface area (Å²) in [7, 11) is -3.57. The molecule has 3 atom stereocenters. The monoisotopic (exact) mass is 383 g/mol. The van der Waals surface area contributed by atoms with Gasteiger partial charge >= 0.3 is 29.6 Å². The maximum atomic E-state index is 12.3. The Hall–Kier alpha value is -0.590. The number of nitrogens with two attached hydrogens (primary N) is 1. The van der Waals surface area contributed by atoms with Crippen LogP contribution < -0.4 is 40.4 Å². The molecule has 2 N–H and O–H groups in total. The molecule has 0 aromatic heterocycles. The van der Waals surface area contributed by atoms with Gasteiger partial charge in [0.2, 0.25) is 21.8 Å². The molecular formula is C12H14N3NaO6S2. The molecule has 0 aliphatic carbocycles. The van der Waals surface area contributed by atoms with Gasteiger partial charge in [0.05, 0.1) is 29.7 Å². The van der Waals surface area contributed by atoms with Crippen molar-refractivity contribution in [1.29, 1.82) is 0 Å². The average Bonchev–Trinajstić information content (AvgIpc) is 2.75. The molecule has 2 saturated heterocycles. The fourth-order valence-corrected chi connectivity index (χ4v) is 5.65. The first-order valence-electron chi connectivity index (χ1n) is 6.81. The van der Waals surface area contributed by atoms with Gasteiger partial charge in [0.25, 0.3) is 0 Å². The van der Waals surface area contributed by atoms with E-state index >= 15 is 0 Å². The van der Waals surface area contributed by atoms with E-state index in [0.29, 0.717) is 11.3 Å². The fraction of sp³-hybridized carbons (Fsp3) is 0.583. The minimum absolute atomic E-state index is 0. The van der Waals surface area contributed by atoms with Crippen LogP contribution >= 0.6 is 11.8 Å². The Labute approximate surface area is 164 Å². The SMILES string of the molecule is CS(=O)(=O)N1CCC2C(SCC(N)=O)=C(C(=O)[O-])N3C(=O)[C@@H]1[C@@H]23.[Na+]. The van der Waals surface area contributed by atoms with Crippen LogP contribution in [0, 0.1) is 5.92 Å². The third-order valence-electron chi connectivity index (χ3n) is 4.30. The number of aliphatic carboxylic acids is 1. The van der Waals surface area contributed by atoms with Gasteiger partial charge < -0.3 is 20.5 Å². The third-order valence-corrected chi connectivity index (χ3v) is 6.79. The molecule has 0 bridgehead atoms. The maximum Gasteiger partial charge on any atom is 1.00 e. The fourth-order valence-electron chi connectivity index (χ4n) is 3.50. The van der Waals surface area contributed by atoms with Crippen LogP contribution in [0.1, 0.15) is 6.42 Å². The number of hydrogen-bond acceptors (Lipinski definition) is 7. The Balaban J connectivity index is 0.00000208. The molecule has 0 radical (unpaired) electrons. The quantitative estimate of drug-likeness (QED) is 0.368. The first-order chi connectivity index (χ1) is 10.6. The summed E-state index contributed by atoms with van der Waals surface area (Å²) in [6.45, 7) is 0.130. The number of amides is 2. The van der Waals surface area contributed by atoms with Crippen molar-refractivity contribution in [3.8, 4) is 0 Å². The molecule has 3 heterocycles. The van der Waals surface area contributed by atoms with Gasteiger partial charge in [0.15, 0.2) is 0 Å². The number of carbonyl (C=O) groups excluding carboxylic acids is 3. The Morgan fingerprint density at radius 1 is 1.42 bits per heavy atom. The first kappa shape index (κ1) is 19.7.